The zero-order valence-corrected chi connectivity index (χ0v) is 9.76. The molecule has 0 unspecified atom stereocenters. The first-order chi connectivity index (χ1) is 7.52. The van der Waals surface area contributed by atoms with E-state index in [9.17, 15) is 8.42 Å². The molecule has 0 aliphatic rings. The molecule has 8 heteroatoms. The minimum Gasteiger partial charge on any atom is -0.395 e. The lowest BCUT2D eigenvalue weighted by molar-refractivity contribution is 0.217. The Morgan fingerprint density at radius 1 is 1.38 bits per heavy atom. The van der Waals surface area contributed by atoms with Crippen molar-refractivity contribution in [1.82, 2.24) is 14.1 Å². The molecule has 0 saturated heterocycles. The Morgan fingerprint density at radius 3 is 2.31 bits per heavy atom. The molecule has 0 aliphatic heterocycles. The van der Waals surface area contributed by atoms with Gasteiger partial charge in [-0.25, -0.2) is 8.42 Å². The van der Waals surface area contributed by atoms with Crippen molar-refractivity contribution in [2.45, 2.75) is 4.90 Å². The Balaban J connectivity index is 2.97. The van der Waals surface area contributed by atoms with Crippen molar-refractivity contribution in [3.05, 3.63) is 12.4 Å². The third kappa shape index (κ3) is 2.79. The molecule has 0 spiro atoms. The molecule has 0 fully saturated rings. The standard InChI is InChI=1S/C8H15N3O4S/c1-10-7-8(6-9-10)16(14,15)11(2-4-12)3-5-13/h6-7,12-13H,2-5H2,1H3. The maximum atomic E-state index is 12.0. The number of sulfonamides is 1. The lowest BCUT2D eigenvalue weighted by Crippen LogP contribution is -2.35. The molecule has 92 valence electrons. The van der Waals surface area contributed by atoms with Gasteiger partial charge in [-0.2, -0.15) is 9.40 Å². The quantitative estimate of drug-likeness (QED) is 0.633. The van der Waals surface area contributed by atoms with Crippen LogP contribution >= 0.6 is 0 Å². The largest absolute Gasteiger partial charge is 0.395 e. The van der Waals surface area contributed by atoms with Gasteiger partial charge < -0.3 is 10.2 Å². The number of nitrogens with zero attached hydrogens (tertiary/aromatic N) is 3. The molecule has 1 aromatic rings. The van der Waals surface area contributed by atoms with Crippen molar-refractivity contribution < 1.29 is 18.6 Å². The Bertz CT molecular complexity index is 422. The highest BCUT2D eigenvalue weighted by molar-refractivity contribution is 7.89. The fourth-order valence-electron chi connectivity index (χ4n) is 1.26. The zero-order valence-electron chi connectivity index (χ0n) is 8.94. The van der Waals surface area contributed by atoms with Gasteiger partial charge in [0, 0.05) is 26.3 Å². The number of aliphatic hydroxyl groups excluding tert-OH is 2. The van der Waals surface area contributed by atoms with Crippen LogP contribution in [0.1, 0.15) is 0 Å². The summed E-state index contributed by atoms with van der Waals surface area (Å²) in [6, 6.07) is 0. The van der Waals surface area contributed by atoms with E-state index in [1.54, 1.807) is 7.05 Å². The van der Waals surface area contributed by atoms with E-state index in [1.165, 1.54) is 17.1 Å². The molecule has 0 aliphatic carbocycles. The molecule has 0 aromatic carbocycles. The second-order valence-corrected chi connectivity index (χ2v) is 5.14. The summed E-state index contributed by atoms with van der Waals surface area (Å²) in [5.74, 6) is 0. The number of hydrogen-bond donors (Lipinski definition) is 2. The molecule has 0 amide bonds. The second-order valence-electron chi connectivity index (χ2n) is 3.20. The highest BCUT2D eigenvalue weighted by Gasteiger charge is 2.24. The molecular weight excluding hydrogens is 234 g/mol. The number of aromatic nitrogens is 2. The SMILES string of the molecule is Cn1cc(S(=O)(=O)N(CCO)CCO)cn1. The van der Waals surface area contributed by atoms with Gasteiger partial charge in [0.05, 0.1) is 19.4 Å². The van der Waals surface area contributed by atoms with Gasteiger partial charge in [-0.05, 0) is 0 Å². The van der Waals surface area contributed by atoms with Crippen molar-refractivity contribution in [2.24, 2.45) is 7.05 Å². The summed E-state index contributed by atoms with van der Waals surface area (Å²) >= 11 is 0. The van der Waals surface area contributed by atoms with Crippen LogP contribution in [0.25, 0.3) is 0 Å². The lowest BCUT2D eigenvalue weighted by Gasteiger charge is -2.18. The molecule has 0 saturated carbocycles. The van der Waals surface area contributed by atoms with Crippen molar-refractivity contribution in [2.75, 3.05) is 26.3 Å². The number of aryl methyl sites for hydroxylation is 1. The van der Waals surface area contributed by atoms with Crippen molar-refractivity contribution >= 4 is 10.0 Å². The smallest absolute Gasteiger partial charge is 0.246 e. The second kappa shape index (κ2) is 5.39. The van der Waals surface area contributed by atoms with E-state index in [4.69, 9.17) is 10.2 Å². The first kappa shape index (κ1) is 13.1. The molecule has 0 radical (unpaired) electrons. The predicted octanol–water partition coefficient (Wildman–Crippen LogP) is -1.60. The van der Waals surface area contributed by atoms with Gasteiger partial charge in [-0.15, -0.1) is 0 Å². The average Bonchev–Trinajstić information content (AvgIpc) is 2.65. The van der Waals surface area contributed by atoms with Gasteiger partial charge in [0.25, 0.3) is 0 Å². The third-order valence-corrected chi connectivity index (χ3v) is 3.87. The number of hydrogen-bond acceptors (Lipinski definition) is 5. The molecule has 2 N–H and O–H groups in total. The molecule has 0 bridgehead atoms. The topological polar surface area (TPSA) is 95.7 Å². The summed E-state index contributed by atoms with van der Waals surface area (Å²) in [7, 11) is -2.06. The van der Waals surface area contributed by atoms with Gasteiger partial charge in [-0.1, -0.05) is 0 Å². The van der Waals surface area contributed by atoms with Crippen molar-refractivity contribution in [1.29, 1.82) is 0 Å². The first-order valence-electron chi connectivity index (χ1n) is 4.73. The van der Waals surface area contributed by atoms with Crippen molar-refractivity contribution in [3.63, 3.8) is 0 Å². The van der Waals surface area contributed by atoms with Crippen LogP contribution < -0.4 is 0 Å². The number of aliphatic hydroxyl groups is 2. The Morgan fingerprint density at radius 2 is 1.94 bits per heavy atom. The zero-order chi connectivity index (χ0) is 12.2. The average molecular weight is 249 g/mol. The predicted molar refractivity (Wildman–Crippen MR) is 56.1 cm³/mol. The Labute approximate surface area is 94.0 Å². The van der Waals surface area contributed by atoms with Crippen LogP contribution in [0.3, 0.4) is 0 Å². The maximum absolute atomic E-state index is 12.0. The molecular formula is C8H15N3O4S. The van der Waals surface area contributed by atoms with Crippen LogP contribution in [0.5, 0.6) is 0 Å². The highest BCUT2D eigenvalue weighted by atomic mass is 32.2. The normalized spacial score (nSPS) is 12.2. The van der Waals surface area contributed by atoms with E-state index < -0.39 is 10.0 Å². The summed E-state index contributed by atoms with van der Waals surface area (Å²) in [5, 5.41) is 21.3. The Kier molecular flexibility index (Phi) is 4.42. The van der Waals surface area contributed by atoms with E-state index in [2.05, 4.69) is 5.10 Å². The molecule has 1 rings (SSSR count). The molecule has 7 nitrogen and oxygen atoms in total. The fraction of sp³-hybridized carbons (Fsp3) is 0.625. The van der Waals surface area contributed by atoms with Crippen LogP contribution in [0, 0.1) is 0 Å². The summed E-state index contributed by atoms with van der Waals surface area (Å²) in [5.41, 5.74) is 0. The summed E-state index contributed by atoms with van der Waals surface area (Å²) in [4.78, 5) is 0.0527. The first-order valence-corrected chi connectivity index (χ1v) is 6.17. The van der Waals surface area contributed by atoms with Crippen LogP contribution in [0.15, 0.2) is 17.3 Å². The lowest BCUT2D eigenvalue weighted by atomic mass is 10.6. The molecule has 1 heterocycles. The van der Waals surface area contributed by atoms with Gasteiger partial charge >= 0.3 is 0 Å². The van der Waals surface area contributed by atoms with Crippen LogP contribution in [-0.2, 0) is 17.1 Å². The fourth-order valence-corrected chi connectivity index (χ4v) is 2.66. The van der Waals surface area contributed by atoms with Gasteiger partial charge in [0.2, 0.25) is 10.0 Å². The van der Waals surface area contributed by atoms with E-state index in [0.29, 0.717) is 0 Å². The molecule has 1 aromatic heterocycles. The third-order valence-electron chi connectivity index (χ3n) is 2.02. The van der Waals surface area contributed by atoms with E-state index in [0.717, 1.165) is 4.31 Å². The summed E-state index contributed by atoms with van der Waals surface area (Å²) < 4.78 is 26.3. The van der Waals surface area contributed by atoms with Crippen LogP contribution in [0.2, 0.25) is 0 Å². The molecule has 0 atom stereocenters. The number of rotatable bonds is 6. The minimum absolute atomic E-state index is 0.0439. The van der Waals surface area contributed by atoms with E-state index in [1.807, 2.05) is 0 Å². The highest BCUT2D eigenvalue weighted by Crippen LogP contribution is 2.13. The minimum atomic E-state index is -3.67. The maximum Gasteiger partial charge on any atom is 0.246 e. The Hall–Kier alpha value is -0.960. The van der Waals surface area contributed by atoms with Crippen LogP contribution in [0.4, 0.5) is 0 Å². The summed E-state index contributed by atoms with van der Waals surface area (Å²) in [6.07, 6.45) is 2.61. The molecule has 16 heavy (non-hydrogen) atoms. The van der Waals surface area contributed by atoms with Gasteiger partial charge in [-0.3, -0.25) is 4.68 Å². The van der Waals surface area contributed by atoms with Crippen LogP contribution in [-0.4, -0.2) is 59.0 Å². The van der Waals surface area contributed by atoms with Gasteiger partial charge in [0.1, 0.15) is 4.90 Å². The monoisotopic (exact) mass is 249 g/mol. The van der Waals surface area contributed by atoms with Gasteiger partial charge in [0.15, 0.2) is 0 Å². The van der Waals surface area contributed by atoms with E-state index >= 15 is 0 Å². The van der Waals surface area contributed by atoms with E-state index in [-0.39, 0.29) is 31.2 Å². The van der Waals surface area contributed by atoms with Crippen molar-refractivity contribution in [3.8, 4) is 0 Å². The summed E-state index contributed by atoms with van der Waals surface area (Å²) in [6.45, 7) is -0.672.